The van der Waals surface area contributed by atoms with Crippen molar-refractivity contribution in [2.24, 2.45) is 5.41 Å². The molecule has 0 aromatic heterocycles. The fourth-order valence-corrected chi connectivity index (χ4v) is 4.48. The van der Waals surface area contributed by atoms with E-state index < -0.39 is 16.1 Å². The maximum absolute atomic E-state index is 12.5. The molecular formula is C15H23NO3S. The Bertz CT molecular complexity index is 563. The monoisotopic (exact) mass is 297 g/mol. The molecule has 1 atom stereocenters. The van der Waals surface area contributed by atoms with E-state index in [9.17, 15) is 13.5 Å². The van der Waals surface area contributed by atoms with Crippen molar-refractivity contribution in [1.82, 2.24) is 4.31 Å². The van der Waals surface area contributed by atoms with Crippen LogP contribution in [-0.4, -0.2) is 37.0 Å². The molecule has 1 aliphatic heterocycles. The molecule has 1 unspecified atom stereocenters. The van der Waals surface area contributed by atoms with Crippen LogP contribution in [0.5, 0.6) is 0 Å². The Kier molecular flexibility index (Phi) is 4.23. The van der Waals surface area contributed by atoms with Gasteiger partial charge in [0.05, 0.1) is 11.9 Å². The van der Waals surface area contributed by atoms with Crippen LogP contribution in [0, 0.1) is 12.3 Å². The molecule has 1 heterocycles. The Morgan fingerprint density at radius 3 is 2.45 bits per heavy atom. The highest BCUT2D eigenvalue weighted by Crippen LogP contribution is 2.31. The van der Waals surface area contributed by atoms with Crippen LogP contribution >= 0.6 is 0 Å². The van der Waals surface area contributed by atoms with Crippen molar-refractivity contribution in [2.75, 3.05) is 13.1 Å². The number of benzene rings is 1. The highest BCUT2D eigenvalue weighted by molar-refractivity contribution is 7.88. The van der Waals surface area contributed by atoms with Gasteiger partial charge in [-0.15, -0.1) is 0 Å². The molecule has 1 fully saturated rings. The van der Waals surface area contributed by atoms with Gasteiger partial charge in [-0.3, -0.25) is 0 Å². The molecule has 2 rings (SSSR count). The van der Waals surface area contributed by atoms with Gasteiger partial charge >= 0.3 is 0 Å². The summed E-state index contributed by atoms with van der Waals surface area (Å²) in [7, 11) is -3.38. The fourth-order valence-electron chi connectivity index (χ4n) is 2.74. The number of aliphatic hydroxyl groups excluding tert-OH is 1. The summed E-state index contributed by atoms with van der Waals surface area (Å²) >= 11 is 0. The molecular weight excluding hydrogens is 274 g/mol. The average Bonchev–Trinajstić information content (AvgIpc) is 2.29. The van der Waals surface area contributed by atoms with E-state index in [-0.39, 0.29) is 17.7 Å². The van der Waals surface area contributed by atoms with Crippen LogP contribution in [0.4, 0.5) is 0 Å². The van der Waals surface area contributed by atoms with Crippen LogP contribution < -0.4 is 0 Å². The summed E-state index contributed by atoms with van der Waals surface area (Å²) in [6.45, 7) is 6.63. The smallest absolute Gasteiger partial charge is 0.218 e. The second-order valence-corrected chi connectivity index (χ2v) is 8.53. The number of piperidine rings is 1. The lowest BCUT2D eigenvalue weighted by Crippen LogP contribution is -2.49. The summed E-state index contributed by atoms with van der Waals surface area (Å²) in [5.74, 6) is -0.00389. The lowest BCUT2D eigenvalue weighted by molar-refractivity contribution is 0.0420. The van der Waals surface area contributed by atoms with Crippen molar-refractivity contribution in [1.29, 1.82) is 0 Å². The number of aliphatic hydroxyl groups is 1. The first-order chi connectivity index (χ1) is 9.18. The number of hydrogen-bond donors (Lipinski definition) is 1. The maximum Gasteiger partial charge on any atom is 0.218 e. The van der Waals surface area contributed by atoms with Gasteiger partial charge in [-0.05, 0) is 24.3 Å². The summed E-state index contributed by atoms with van der Waals surface area (Å²) in [5, 5.41) is 9.87. The summed E-state index contributed by atoms with van der Waals surface area (Å²) in [6.07, 6.45) is 0.0651. The van der Waals surface area contributed by atoms with E-state index in [0.29, 0.717) is 13.0 Å². The van der Waals surface area contributed by atoms with Gasteiger partial charge in [0.1, 0.15) is 0 Å². The minimum absolute atomic E-state index is 0.00389. The fraction of sp³-hybridized carbons (Fsp3) is 0.600. The number of hydrogen-bond acceptors (Lipinski definition) is 3. The number of β-amino-alcohol motifs (C(OH)–C–C–N with tert-alkyl or cyclic N) is 1. The second-order valence-electron chi connectivity index (χ2n) is 6.56. The predicted molar refractivity (Wildman–Crippen MR) is 79.8 cm³/mol. The van der Waals surface area contributed by atoms with Gasteiger partial charge in [0.25, 0.3) is 0 Å². The first-order valence-corrected chi connectivity index (χ1v) is 8.50. The van der Waals surface area contributed by atoms with Crippen molar-refractivity contribution in [3.63, 3.8) is 0 Å². The van der Waals surface area contributed by atoms with Gasteiger partial charge in [0.2, 0.25) is 10.0 Å². The molecule has 0 spiro atoms. The Balaban J connectivity index is 2.15. The standard InChI is InChI=1S/C15H23NO3S/c1-12-4-6-13(7-5-12)10-20(18,19)16-9-14(17)8-15(2,3)11-16/h4-7,14,17H,8-11H2,1-3H3. The largest absolute Gasteiger partial charge is 0.392 e. The zero-order chi connectivity index (χ0) is 15.0. The van der Waals surface area contributed by atoms with Crippen molar-refractivity contribution in [3.8, 4) is 0 Å². The van der Waals surface area contributed by atoms with Gasteiger partial charge in [-0.2, -0.15) is 4.31 Å². The average molecular weight is 297 g/mol. The van der Waals surface area contributed by atoms with Gasteiger partial charge in [-0.25, -0.2) is 8.42 Å². The summed E-state index contributed by atoms with van der Waals surface area (Å²) < 4.78 is 26.4. The van der Waals surface area contributed by atoms with Crippen molar-refractivity contribution >= 4 is 10.0 Å². The van der Waals surface area contributed by atoms with E-state index in [0.717, 1.165) is 11.1 Å². The molecule has 1 aromatic rings. The number of aryl methyl sites for hydroxylation is 1. The summed E-state index contributed by atoms with van der Waals surface area (Å²) in [4.78, 5) is 0. The van der Waals surface area contributed by atoms with Crippen LogP contribution in [0.3, 0.4) is 0 Å². The quantitative estimate of drug-likeness (QED) is 0.927. The molecule has 0 saturated carbocycles. The third kappa shape index (κ3) is 3.81. The van der Waals surface area contributed by atoms with Crippen molar-refractivity contribution in [3.05, 3.63) is 35.4 Å². The molecule has 1 aromatic carbocycles. The topological polar surface area (TPSA) is 57.6 Å². The van der Waals surface area contributed by atoms with E-state index in [1.165, 1.54) is 4.31 Å². The van der Waals surface area contributed by atoms with Gasteiger partial charge in [0, 0.05) is 13.1 Å². The molecule has 112 valence electrons. The minimum atomic E-state index is -3.38. The Labute approximate surface area is 121 Å². The molecule has 1 aliphatic rings. The van der Waals surface area contributed by atoms with E-state index >= 15 is 0 Å². The van der Waals surface area contributed by atoms with Crippen LogP contribution in [0.25, 0.3) is 0 Å². The number of nitrogens with zero attached hydrogens (tertiary/aromatic N) is 1. The van der Waals surface area contributed by atoms with E-state index in [4.69, 9.17) is 0 Å². The molecule has 0 aliphatic carbocycles. The summed E-state index contributed by atoms with van der Waals surface area (Å²) in [5.41, 5.74) is 1.71. The lowest BCUT2D eigenvalue weighted by atomic mass is 9.84. The summed E-state index contributed by atoms with van der Waals surface area (Å²) in [6, 6.07) is 7.52. The first kappa shape index (κ1) is 15.5. The minimum Gasteiger partial charge on any atom is -0.392 e. The Morgan fingerprint density at radius 2 is 1.90 bits per heavy atom. The SMILES string of the molecule is Cc1ccc(CS(=O)(=O)N2CC(O)CC(C)(C)C2)cc1. The molecule has 4 nitrogen and oxygen atoms in total. The molecule has 0 bridgehead atoms. The second kappa shape index (κ2) is 5.47. The van der Waals surface area contributed by atoms with E-state index in [1.54, 1.807) is 0 Å². The highest BCUT2D eigenvalue weighted by Gasteiger charge is 2.37. The molecule has 1 N–H and O–H groups in total. The van der Waals surface area contributed by atoms with Gasteiger partial charge in [0.15, 0.2) is 0 Å². The Hall–Kier alpha value is -0.910. The molecule has 0 radical (unpaired) electrons. The van der Waals surface area contributed by atoms with E-state index in [1.807, 2.05) is 45.0 Å². The molecule has 0 amide bonds. The normalized spacial score (nSPS) is 23.7. The van der Waals surface area contributed by atoms with Crippen LogP contribution in [0.15, 0.2) is 24.3 Å². The number of rotatable bonds is 3. The third-order valence-electron chi connectivity index (χ3n) is 3.67. The Morgan fingerprint density at radius 1 is 1.30 bits per heavy atom. The molecule has 5 heteroatoms. The highest BCUT2D eigenvalue weighted by atomic mass is 32.2. The van der Waals surface area contributed by atoms with E-state index in [2.05, 4.69) is 0 Å². The lowest BCUT2D eigenvalue weighted by Gasteiger charge is -2.39. The van der Waals surface area contributed by atoms with Gasteiger partial charge in [-0.1, -0.05) is 43.7 Å². The van der Waals surface area contributed by atoms with Crippen LogP contribution in [0.2, 0.25) is 0 Å². The van der Waals surface area contributed by atoms with Crippen LogP contribution in [-0.2, 0) is 15.8 Å². The van der Waals surface area contributed by atoms with Crippen molar-refractivity contribution in [2.45, 2.75) is 39.0 Å². The zero-order valence-corrected chi connectivity index (χ0v) is 13.2. The third-order valence-corrected chi connectivity index (χ3v) is 5.43. The van der Waals surface area contributed by atoms with Crippen molar-refractivity contribution < 1.29 is 13.5 Å². The zero-order valence-electron chi connectivity index (χ0n) is 12.3. The predicted octanol–water partition coefficient (Wildman–Crippen LogP) is 1.92. The first-order valence-electron chi connectivity index (χ1n) is 6.89. The van der Waals surface area contributed by atoms with Crippen LogP contribution in [0.1, 0.15) is 31.4 Å². The maximum atomic E-state index is 12.5. The molecule has 20 heavy (non-hydrogen) atoms. The molecule has 1 saturated heterocycles. The van der Waals surface area contributed by atoms with Gasteiger partial charge < -0.3 is 5.11 Å². The number of sulfonamides is 1.